The summed E-state index contributed by atoms with van der Waals surface area (Å²) < 4.78 is 0. The van der Waals surface area contributed by atoms with E-state index in [9.17, 15) is 0 Å². The molecule has 0 nitrogen and oxygen atoms in total. The number of hydrogen-bond donors (Lipinski definition) is 0. The van der Waals surface area contributed by atoms with Gasteiger partial charge in [-0.05, 0) is 0 Å². The summed E-state index contributed by atoms with van der Waals surface area (Å²) in [6, 6.07) is 0. The first-order chi connectivity index (χ1) is 3.00. The van der Waals surface area contributed by atoms with Gasteiger partial charge in [0.15, 0.2) is 0 Å². The molecule has 0 heterocycles. The van der Waals surface area contributed by atoms with E-state index in [-0.39, 0.29) is 4.70 Å². The first-order valence-electron chi connectivity index (χ1n) is 3.00. The van der Waals surface area contributed by atoms with Crippen LogP contribution in [-0.2, 0) is 0 Å². The monoisotopic (exact) mass is 104 g/mol. The summed E-state index contributed by atoms with van der Waals surface area (Å²) in [5, 5.41) is 0. The molecule has 0 aromatic carbocycles. The van der Waals surface area contributed by atoms with Crippen LogP contribution in [0.25, 0.3) is 0 Å². The normalized spacial score (nSPS) is 20.6. The minimum absolute atomic E-state index is 0. The Kier molecular flexibility index (Phi) is 4.06. The third kappa shape index (κ3) is 2.60. The van der Waals surface area contributed by atoms with Gasteiger partial charge in [0.2, 0.25) is 0 Å². The Bertz CT molecular complexity index is 19.7. The Morgan fingerprint density at radius 1 is 0.429 bits per heavy atom. The molecule has 1 aliphatic rings. The zero-order valence-electron chi connectivity index (χ0n) is 4.65. The van der Waals surface area contributed by atoms with Crippen molar-refractivity contribution in [3.8, 4) is 0 Å². The third-order valence-corrected chi connectivity index (χ3v) is 1.50. The topological polar surface area (TPSA) is 0 Å². The average Bonchev–Trinajstić information content (AvgIpc) is 1.72. The predicted molar refractivity (Wildman–Crippen MR) is 30.2 cm³/mol. The molecule has 0 radical (unpaired) electrons. The minimum atomic E-state index is 0. The van der Waals surface area contributed by atoms with Gasteiger partial charge in [0, 0.05) is 0 Å². The lowest BCUT2D eigenvalue weighted by Crippen LogP contribution is -1.85. The fraction of sp³-hybridized carbons (Fsp3) is 1.00. The van der Waals surface area contributed by atoms with E-state index in [2.05, 4.69) is 0 Å². The van der Waals surface area contributed by atoms with Crippen molar-refractivity contribution in [2.45, 2.75) is 38.5 Å². The largest absolute Gasteiger partial charge is 0.269 e. The maximum Gasteiger partial charge on any atom is -0.0533 e. The standard InChI is InChI=1S/C6H12.FH/c1-2-4-6-5-3-1;/h1-6H2;1H. The molecule has 0 saturated heterocycles. The van der Waals surface area contributed by atoms with Crippen LogP contribution in [0.5, 0.6) is 0 Å². The van der Waals surface area contributed by atoms with Gasteiger partial charge in [0.05, 0.1) is 0 Å². The molecule has 0 unspecified atom stereocenters. The second kappa shape index (κ2) is 4.10. The van der Waals surface area contributed by atoms with Gasteiger partial charge in [-0.3, -0.25) is 4.70 Å². The van der Waals surface area contributed by atoms with Crippen molar-refractivity contribution in [2.75, 3.05) is 0 Å². The quantitative estimate of drug-likeness (QED) is 0.443. The molecule has 0 spiro atoms. The van der Waals surface area contributed by atoms with E-state index < -0.39 is 0 Å². The van der Waals surface area contributed by atoms with Crippen LogP contribution in [0.2, 0.25) is 0 Å². The lowest BCUT2D eigenvalue weighted by molar-refractivity contribution is 0.504. The van der Waals surface area contributed by atoms with Crippen molar-refractivity contribution < 1.29 is 4.70 Å². The molecule has 0 atom stereocenters. The smallest absolute Gasteiger partial charge is 0.0533 e. The molecule has 1 fully saturated rings. The molecule has 7 heavy (non-hydrogen) atoms. The second-order valence-electron chi connectivity index (χ2n) is 2.12. The van der Waals surface area contributed by atoms with Crippen LogP contribution in [0.15, 0.2) is 0 Å². The van der Waals surface area contributed by atoms with Crippen molar-refractivity contribution in [3.63, 3.8) is 0 Å². The van der Waals surface area contributed by atoms with Gasteiger partial charge in [-0.25, -0.2) is 0 Å². The van der Waals surface area contributed by atoms with Crippen LogP contribution in [0.4, 0.5) is 4.70 Å². The molecule has 44 valence electrons. The molecule has 1 rings (SSSR count). The highest BCUT2D eigenvalue weighted by molar-refractivity contribution is 4.51. The summed E-state index contributed by atoms with van der Waals surface area (Å²) in [4.78, 5) is 0. The fourth-order valence-electron chi connectivity index (χ4n) is 1.06. The van der Waals surface area contributed by atoms with Gasteiger partial charge in [0.25, 0.3) is 0 Å². The van der Waals surface area contributed by atoms with Crippen LogP contribution in [-0.4, -0.2) is 0 Å². The summed E-state index contributed by atoms with van der Waals surface area (Å²) in [6.45, 7) is 0. The van der Waals surface area contributed by atoms with Gasteiger partial charge in [-0.2, -0.15) is 0 Å². The average molecular weight is 104 g/mol. The molecule has 1 heteroatoms. The van der Waals surface area contributed by atoms with Crippen molar-refractivity contribution in [2.24, 2.45) is 0 Å². The van der Waals surface area contributed by atoms with E-state index in [1.165, 1.54) is 38.5 Å². The lowest BCUT2D eigenvalue weighted by Gasteiger charge is -2.05. The molecular weight excluding hydrogens is 91.1 g/mol. The van der Waals surface area contributed by atoms with Gasteiger partial charge in [-0.15, -0.1) is 0 Å². The second-order valence-corrected chi connectivity index (χ2v) is 2.12. The minimum Gasteiger partial charge on any atom is -0.269 e. The first-order valence-corrected chi connectivity index (χ1v) is 3.00. The number of hydrogen-bond acceptors (Lipinski definition) is 0. The molecule has 1 aliphatic carbocycles. The van der Waals surface area contributed by atoms with Gasteiger partial charge in [-0.1, -0.05) is 38.5 Å². The fourth-order valence-corrected chi connectivity index (χ4v) is 1.06. The highest BCUT2D eigenvalue weighted by Crippen LogP contribution is 2.15. The Hall–Kier alpha value is -0.0700. The highest BCUT2D eigenvalue weighted by atomic mass is 19.0. The summed E-state index contributed by atoms with van der Waals surface area (Å²) in [6.07, 6.45) is 9.00. The SMILES string of the molecule is C1CCCCC1.F. The van der Waals surface area contributed by atoms with E-state index in [1.807, 2.05) is 0 Å². The molecule has 0 aromatic rings. The van der Waals surface area contributed by atoms with Gasteiger partial charge in [0.1, 0.15) is 0 Å². The maximum absolute atomic E-state index is 1.50. The van der Waals surface area contributed by atoms with E-state index in [0.717, 1.165) is 0 Å². The Morgan fingerprint density at radius 2 is 0.571 bits per heavy atom. The third-order valence-electron chi connectivity index (χ3n) is 1.50. The molecular formula is C6H13F. The van der Waals surface area contributed by atoms with Crippen LogP contribution < -0.4 is 0 Å². The predicted octanol–water partition coefficient (Wildman–Crippen LogP) is 2.49. The van der Waals surface area contributed by atoms with Crippen molar-refractivity contribution in [1.29, 1.82) is 0 Å². The van der Waals surface area contributed by atoms with Crippen molar-refractivity contribution in [1.82, 2.24) is 0 Å². The number of halogens is 1. The van der Waals surface area contributed by atoms with Gasteiger partial charge >= 0.3 is 0 Å². The van der Waals surface area contributed by atoms with E-state index in [1.54, 1.807) is 0 Å². The van der Waals surface area contributed by atoms with Crippen LogP contribution in [0.1, 0.15) is 38.5 Å². The lowest BCUT2D eigenvalue weighted by atomic mass is 10.0. The molecule has 0 amide bonds. The Labute approximate surface area is 44.3 Å². The number of rotatable bonds is 0. The molecule has 0 bridgehead atoms. The summed E-state index contributed by atoms with van der Waals surface area (Å²) in [7, 11) is 0. The molecule has 0 aliphatic heterocycles. The summed E-state index contributed by atoms with van der Waals surface area (Å²) in [5.74, 6) is 0. The Balaban J connectivity index is 0.000000360. The van der Waals surface area contributed by atoms with Crippen molar-refractivity contribution in [3.05, 3.63) is 0 Å². The van der Waals surface area contributed by atoms with Crippen molar-refractivity contribution >= 4 is 0 Å². The van der Waals surface area contributed by atoms with Crippen LogP contribution in [0.3, 0.4) is 0 Å². The zero-order valence-corrected chi connectivity index (χ0v) is 4.65. The van der Waals surface area contributed by atoms with Gasteiger partial charge < -0.3 is 0 Å². The first kappa shape index (κ1) is 6.93. The van der Waals surface area contributed by atoms with Crippen LogP contribution in [0, 0.1) is 0 Å². The summed E-state index contributed by atoms with van der Waals surface area (Å²) >= 11 is 0. The zero-order chi connectivity index (χ0) is 4.24. The summed E-state index contributed by atoms with van der Waals surface area (Å²) in [5.41, 5.74) is 0. The molecule has 0 aromatic heterocycles. The van der Waals surface area contributed by atoms with E-state index in [0.29, 0.717) is 0 Å². The van der Waals surface area contributed by atoms with E-state index in [4.69, 9.17) is 0 Å². The maximum atomic E-state index is 1.50. The Morgan fingerprint density at radius 3 is 0.714 bits per heavy atom. The highest BCUT2D eigenvalue weighted by Gasteiger charge is 1.95. The molecule has 0 N–H and O–H groups in total. The van der Waals surface area contributed by atoms with Crippen LogP contribution >= 0.6 is 0 Å². The van der Waals surface area contributed by atoms with E-state index >= 15 is 0 Å². The molecule has 1 saturated carbocycles.